The van der Waals surface area contributed by atoms with E-state index in [9.17, 15) is 9.59 Å². The normalized spacial score (nSPS) is 18.3. The molecule has 2 aliphatic rings. The van der Waals surface area contributed by atoms with Crippen LogP contribution in [0.4, 0.5) is 5.69 Å². The second kappa shape index (κ2) is 6.63. The highest BCUT2D eigenvalue weighted by molar-refractivity contribution is 6.07. The number of carbonyl (C=O) groups is 2. The van der Waals surface area contributed by atoms with Crippen LogP contribution >= 0.6 is 0 Å². The zero-order valence-corrected chi connectivity index (χ0v) is 14.3. The van der Waals surface area contributed by atoms with Gasteiger partial charge in [-0.2, -0.15) is 0 Å². The van der Waals surface area contributed by atoms with Crippen molar-refractivity contribution in [3.8, 4) is 11.5 Å². The Balaban J connectivity index is 1.66. The summed E-state index contributed by atoms with van der Waals surface area (Å²) in [4.78, 5) is 30.5. The van der Waals surface area contributed by atoms with E-state index in [1.54, 1.807) is 23.2 Å². The number of ketones is 1. The standard InChI is InChI=1S/C20H18N2O4/c1-25-18-8-16-17(9-19(18)26-12-13-5-3-2-4-6-13)21-10-14-7-15(23)11-22(14)20(16)24/h2-6,8-10,14H,7,11-12H2,1H3/t14-/m0/s1. The quantitative estimate of drug-likeness (QED) is 0.850. The lowest BCUT2D eigenvalue weighted by molar-refractivity contribution is -0.116. The smallest absolute Gasteiger partial charge is 0.257 e. The molecule has 0 radical (unpaired) electrons. The zero-order valence-electron chi connectivity index (χ0n) is 14.3. The fourth-order valence-corrected chi connectivity index (χ4v) is 3.23. The topological polar surface area (TPSA) is 68.2 Å². The summed E-state index contributed by atoms with van der Waals surface area (Å²) in [5.41, 5.74) is 1.98. The second-order valence-corrected chi connectivity index (χ2v) is 6.32. The summed E-state index contributed by atoms with van der Waals surface area (Å²) in [5, 5.41) is 0. The maximum atomic E-state index is 12.8. The molecule has 1 atom stereocenters. The minimum atomic E-state index is -0.276. The number of nitrogens with zero attached hydrogens (tertiary/aromatic N) is 2. The van der Waals surface area contributed by atoms with E-state index in [0.717, 1.165) is 5.56 Å². The monoisotopic (exact) mass is 350 g/mol. The van der Waals surface area contributed by atoms with Gasteiger partial charge in [-0.05, 0) is 11.6 Å². The summed E-state index contributed by atoms with van der Waals surface area (Å²) >= 11 is 0. The Bertz CT molecular complexity index is 892. The Morgan fingerprint density at radius 1 is 1.15 bits per heavy atom. The third kappa shape index (κ3) is 2.94. The van der Waals surface area contributed by atoms with Gasteiger partial charge in [-0.25, -0.2) is 0 Å². The van der Waals surface area contributed by atoms with E-state index in [1.165, 1.54) is 7.11 Å². The Kier molecular flexibility index (Phi) is 4.16. The van der Waals surface area contributed by atoms with Gasteiger partial charge < -0.3 is 14.4 Å². The predicted octanol–water partition coefficient (Wildman–Crippen LogP) is 2.77. The molecule has 0 aliphatic carbocycles. The molecule has 2 aromatic carbocycles. The van der Waals surface area contributed by atoms with Crippen molar-refractivity contribution in [2.75, 3.05) is 13.7 Å². The molecule has 0 aromatic heterocycles. The molecule has 2 heterocycles. The lowest BCUT2D eigenvalue weighted by Crippen LogP contribution is -2.35. The highest BCUT2D eigenvalue weighted by atomic mass is 16.5. The number of Topliss-reactive ketones (excluding diaryl/α,β-unsaturated/α-hetero) is 1. The van der Waals surface area contributed by atoms with Crippen molar-refractivity contribution >= 4 is 23.6 Å². The number of methoxy groups -OCH3 is 1. The molecule has 0 N–H and O–H groups in total. The van der Waals surface area contributed by atoms with Crippen molar-refractivity contribution < 1.29 is 19.1 Å². The van der Waals surface area contributed by atoms with Gasteiger partial charge in [0.1, 0.15) is 6.61 Å². The molecule has 0 saturated carbocycles. The SMILES string of the molecule is COc1cc2c(cc1OCc1ccccc1)N=C[C@@H]1CC(=O)CN1C2=O. The first kappa shape index (κ1) is 16.3. The number of ether oxygens (including phenoxy) is 2. The molecule has 0 spiro atoms. The van der Waals surface area contributed by atoms with Crippen LogP contribution in [0, 0.1) is 0 Å². The van der Waals surface area contributed by atoms with Crippen molar-refractivity contribution in [3.05, 3.63) is 53.6 Å². The number of benzene rings is 2. The van der Waals surface area contributed by atoms with Crippen molar-refractivity contribution in [1.29, 1.82) is 0 Å². The van der Waals surface area contributed by atoms with Gasteiger partial charge in [-0.3, -0.25) is 14.6 Å². The lowest BCUT2D eigenvalue weighted by Gasteiger charge is -2.19. The van der Waals surface area contributed by atoms with E-state index in [0.29, 0.717) is 35.8 Å². The molecule has 1 fully saturated rings. The summed E-state index contributed by atoms with van der Waals surface area (Å²) in [5.74, 6) is 0.833. The Labute approximate surface area is 151 Å². The molecule has 2 aromatic rings. The van der Waals surface area contributed by atoms with Crippen molar-refractivity contribution in [2.45, 2.75) is 19.1 Å². The van der Waals surface area contributed by atoms with E-state index < -0.39 is 0 Å². The van der Waals surface area contributed by atoms with Gasteiger partial charge in [-0.1, -0.05) is 30.3 Å². The van der Waals surface area contributed by atoms with Gasteiger partial charge in [-0.15, -0.1) is 0 Å². The Hall–Kier alpha value is -3.15. The van der Waals surface area contributed by atoms with Crippen LogP contribution in [-0.2, 0) is 11.4 Å². The minimum absolute atomic E-state index is 0.0491. The van der Waals surface area contributed by atoms with E-state index in [2.05, 4.69) is 4.99 Å². The van der Waals surface area contributed by atoms with Gasteiger partial charge in [0.05, 0.1) is 30.9 Å². The third-order valence-electron chi connectivity index (χ3n) is 4.58. The average Bonchev–Trinajstić information content (AvgIpc) is 3.00. The van der Waals surface area contributed by atoms with Crippen LogP contribution in [0.1, 0.15) is 22.3 Å². The first-order chi connectivity index (χ1) is 12.7. The molecular weight excluding hydrogens is 332 g/mol. The maximum absolute atomic E-state index is 12.8. The van der Waals surface area contributed by atoms with Gasteiger partial charge in [0.2, 0.25) is 0 Å². The fourth-order valence-electron chi connectivity index (χ4n) is 3.23. The Morgan fingerprint density at radius 2 is 1.96 bits per heavy atom. The number of amides is 1. The highest BCUT2D eigenvalue weighted by Crippen LogP contribution is 2.38. The van der Waals surface area contributed by atoms with Crippen LogP contribution < -0.4 is 9.47 Å². The lowest BCUT2D eigenvalue weighted by atomic mass is 10.1. The van der Waals surface area contributed by atoms with Crippen LogP contribution in [0.3, 0.4) is 0 Å². The molecule has 2 aliphatic heterocycles. The number of aliphatic imine (C=N–C) groups is 1. The zero-order chi connectivity index (χ0) is 18.1. The maximum Gasteiger partial charge on any atom is 0.257 e. The number of hydrogen-bond acceptors (Lipinski definition) is 5. The minimum Gasteiger partial charge on any atom is -0.493 e. The summed E-state index contributed by atoms with van der Waals surface area (Å²) < 4.78 is 11.3. The van der Waals surface area contributed by atoms with Crippen LogP contribution in [-0.4, -0.2) is 42.5 Å². The number of fused-ring (bicyclic) bond motifs is 2. The third-order valence-corrected chi connectivity index (χ3v) is 4.58. The van der Waals surface area contributed by atoms with Crippen molar-refractivity contribution in [2.24, 2.45) is 4.99 Å². The van der Waals surface area contributed by atoms with Gasteiger partial charge >= 0.3 is 0 Å². The average molecular weight is 350 g/mol. The molecular formula is C20H18N2O4. The highest BCUT2D eigenvalue weighted by Gasteiger charge is 2.36. The molecule has 1 saturated heterocycles. The number of rotatable bonds is 4. The summed E-state index contributed by atoms with van der Waals surface area (Å²) in [6.45, 7) is 0.514. The van der Waals surface area contributed by atoms with Crippen molar-refractivity contribution in [3.63, 3.8) is 0 Å². The molecule has 6 heteroatoms. The van der Waals surface area contributed by atoms with E-state index >= 15 is 0 Å². The van der Waals surface area contributed by atoms with Gasteiger partial charge in [0.25, 0.3) is 5.91 Å². The summed E-state index contributed by atoms with van der Waals surface area (Å²) in [6.07, 6.45) is 1.99. The van der Waals surface area contributed by atoms with E-state index in [-0.39, 0.29) is 24.3 Å². The van der Waals surface area contributed by atoms with E-state index in [1.807, 2.05) is 30.3 Å². The molecule has 4 rings (SSSR count). The van der Waals surface area contributed by atoms with Gasteiger partial charge in [0.15, 0.2) is 17.3 Å². The molecule has 0 bridgehead atoms. The number of carbonyl (C=O) groups excluding carboxylic acids is 2. The fraction of sp³-hybridized carbons (Fsp3) is 0.250. The molecule has 0 unspecified atom stereocenters. The van der Waals surface area contributed by atoms with Gasteiger partial charge in [0, 0.05) is 18.7 Å². The summed E-state index contributed by atoms with van der Waals surface area (Å²) in [6, 6.07) is 12.9. The van der Waals surface area contributed by atoms with Crippen LogP contribution in [0.5, 0.6) is 11.5 Å². The van der Waals surface area contributed by atoms with E-state index in [4.69, 9.17) is 9.47 Å². The predicted molar refractivity (Wildman–Crippen MR) is 96.4 cm³/mol. The molecule has 6 nitrogen and oxygen atoms in total. The Morgan fingerprint density at radius 3 is 2.73 bits per heavy atom. The van der Waals surface area contributed by atoms with Crippen LogP contribution in [0.15, 0.2) is 47.5 Å². The second-order valence-electron chi connectivity index (χ2n) is 6.32. The van der Waals surface area contributed by atoms with Crippen molar-refractivity contribution in [1.82, 2.24) is 4.90 Å². The first-order valence-electron chi connectivity index (χ1n) is 8.41. The molecule has 132 valence electrons. The molecule has 26 heavy (non-hydrogen) atoms. The number of hydrogen-bond donors (Lipinski definition) is 0. The molecule has 1 amide bonds. The first-order valence-corrected chi connectivity index (χ1v) is 8.41. The van der Waals surface area contributed by atoms with Crippen LogP contribution in [0.2, 0.25) is 0 Å². The van der Waals surface area contributed by atoms with Crippen LogP contribution in [0.25, 0.3) is 0 Å². The largest absolute Gasteiger partial charge is 0.493 e. The summed E-state index contributed by atoms with van der Waals surface area (Å²) in [7, 11) is 1.53.